The number of anilines is 1. The summed E-state index contributed by atoms with van der Waals surface area (Å²) in [6.07, 6.45) is -4.27. The van der Waals surface area contributed by atoms with Crippen molar-refractivity contribution in [1.82, 2.24) is 5.32 Å². The molecular formula is C19H16ClF3N2O2. The Bertz CT molecular complexity index is 870. The highest BCUT2D eigenvalue weighted by atomic mass is 35.5. The quantitative estimate of drug-likeness (QED) is 0.793. The van der Waals surface area contributed by atoms with Gasteiger partial charge < -0.3 is 10.6 Å². The van der Waals surface area contributed by atoms with Crippen molar-refractivity contribution in [2.75, 3.05) is 5.32 Å². The molecule has 0 aromatic heterocycles. The molecule has 1 aliphatic rings. The number of alkyl halides is 3. The van der Waals surface area contributed by atoms with Gasteiger partial charge in [-0.15, -0.1) is 0 Å². The lowest BCUT2D eigenvalue weighted by atomic mass is 10.1. The van der Waals surface area contributed by atoms with E-state index < -0.39 is 29.5 Å². The molecule has 2 N–H and O–H groups in total. The number of carbonyl (C=O) groups is 2. The number of amides is 2. The zero-order chi connectivity index (χ0) is 19.6. The summed E-state index contributed by atoms with van der Waals surface area (Å²) >= 11 is 6.02. The van der Waals surface area contributed by atoms with Gasteiger partial charge in [0.1, 0.15) is 0 Å². The summed E-state index contributed by atoms with van der Waals surface area (Å²) in [5, 5.41) is 5.51. The fourth-order valence-electron chi connectivity index (χ4n) is 2.79. The molecule has 4 nitrogen and oxygen atoms in total. The monoisotopic (exact) mass is 396 g/mol. The lowest BCUT2D eigenvalue weighted by Gasteiger charge is -2.13. The molecule has 2 amide bonds. The van der Waals surface area contributed by atoms with E-state index in [1.807, 2.05) is 0 Å². The van der Waals surface area contributed by atoms with Crippen LogP contribution in [0.3, 0.4) is 0 Å². The largest absolute Gasteiger partial charge is 0.418 e. The maximum atomic E-state index is 13.0. The lowest BCUT2D eigenvalue weighted by molar-refractivity contribution is -0.137. The van der Waals surface area contributed by atoms with Crippen molar-refractivity contribution in [3.63, 3.8) is 0 Å². The summed E-state index contributed by atoms with van der Waals surface area (Å²) in [5.74, 6) is -2.10. The normalized spacial score (nSPS) is 18.7. The highest BCUT2D eigenvalue weighted by molar-refractivity contribution is 6.31. The number of carbonyl (C=O) groups excluding carboxylic acids is 2. The van der Waals surface area contributed by atoms with Crippen LogP contribution in [0.4, 0.5) is 18.9 Å². The van der Waals surface area contributed by atoms with Gasteiger partial charge in [0, 0.05) is 11.6 Å². The van der Waals surface area contributed by atoms with Gasteiger partial charge in [0.2, 0.25) is 11.8 Å². The van der Waals surface area contributed by atoms with E-state index in [2.05, 4.69) is 10.6 Å². The smallest absolute Gasteiger partial charge is 0.352 e. The molecule has 0 saturated heterocycles. The minimum Gasteiger partial charge on any atom is -0.352 e. The molecule has 1 saturated carbocycles. The van der Waals surface area contributed by atoms with Crippen LogP contribution in [0.25, 0.3) is 0 Å². The summed E-state index contributed by atoms with van der Waals surface area (Å²) in [5.41, 5.74) is -0.482. The number of rotatable bonds is 5. The van der Waals surface area contributed by atoms with Gasteiger partial charge in [0.25, 0.3) is 0 Å². The van der Waals surface area contributed by atoms with Gasteiger partial charge in [-0.1, -0.05) is 41.9 Å². The zero-order valence-electron chi connectivity index (χ0n) is 14.0. The van der Waals surface area contributed by atoms with Crippen molar-refractivity contribution in [2.24, 2.45) is 11.8 Å². The standard InChI is InChI=1S/C19H16ClF3N2O2/c20-15-7-3-1-5-11(15)10-24-17(26)12-9-13(12)18(27)25-16-8-4-2-6-14(16)19(21,22)23/h1-8,12-13H,9-10H2,(H,24,26)(H,25,27). The Hall–Kier alpha value is -2.54. The van der Waals surface area contributed by atoms with Gasteiger partial charge in [-0.05, 0) is 30.2 Å². The molecule has 0 bridgehead atoms. The molecule has 1 aliphatic carbocycles. The van der Waals surface area contributed by atoms with Crippen LogP contribution in [0.1, 0.15) is 17.5 Å². The number of halogens is 4. The van der Waals surface area contributed by atoms with Crippen molar-refractivity contribution in [2.45, 2.75) is 19.1 Å². The maximum absolute atomic E-state index is 13.0. The Morgan fingerprint density at radius 3 is 2.33 bits per heavy atom. The minimum atomic E-state index is -4.57. The summed E-state index contributed by atoms with van der Waals surface area (Å²) in [7, 11) is 0. The second-order valence-corrected chi connectivity index (χ2v) is 6.70. The molecule has 142 valence electrons. The Labute approximate surface area is 158 Å². The molecule has 2 aromatic carbocycles. The van der Waals surface area contributed by atoms with Crippen molar-refractivity contribution in [3.05, 3.63) is 64.7 Å². The summed E-state index contributed by atoms with van der Waals surface area (Å²) in [4.78, 5) is 24.4. The molecule has 2 unspecified atom stereocenters. The molecule has 1 fully saturated rings. The van der Waals surface area contributed by atoms with E-state index in [1.54, 1.807) is 24.3 Å². The highest BCUT2D eigenvalue weighted by Crippen LogP contribution is 2.41. The van der Waals surface area contributed by atoms with Crippen LogP contribution in [-0.4, -0.2) is 11.8 Å². The van der Waals surface area contributed by atoms with Crippen molar-refractivity contribution in [3.8, 4) is 0 Å². The van der Waals surface area contributed by atoms with Crippen LogP contribution in [0.2, 0.25) is 5.02 Å². The summed E-state index contributed by atoms with van der Waals surface area (Å²) in [6, 6.07) is 11.8. The van der Waals surface area contributed by atoms with E-state index in [-0.39, 0.29) is 18.1 Å². The maximum Gasteiger partial charge on any atom is 0.418 e. The van der Waals surface area contributed by atoms with Crippen molar-refractivity contribution in [1.29, 1.82) is 0 Å². The van der Waals surface area contributed by atoms with Gasteiger partial charge in [-0.2, -0.15) is 13.2 Å². The molecule has 8 heteroatoms. The first-order valence-corrected chi connectivity index (χ1v) is 8.63. The Morgan fingerprint density at radius 1 is 1.00 bits per heavy atom. The van der Waals surface area contributed by atoms with Gasteiger partial charge in [-0.25, -0.2) is 0 Å². The second kappa shape index (κ2) is 7.60. The van der Waals surface area contributed by atoms with E-state index >= 15 is 0 Å². The average Bonchev–Trinajstić information content (AvgIpc) is 3.41. The lowest BCUT2D eigenvalue weighted by Crippen LogP contribution is -2.27. The number of nitrogens with one attached hydrogen (secondary N) is 2. The van der Waals surface area contributed by atoms with Gasteiger partial charge in [0.15, 0.2) is 0 Å². The van der Waals surface area contributed by atoms with E-state index in [0.29, 0.717) is 11.4 Å². The first-order valence-electron chi connectivity index (χ1n) is 8.25. The van der Waals surface area contributed by atoms with Crippen LogP contribution in [0.15, 0.2) is 48.5 Å². The Kier molecular flexibility index (Phi) is 5.41. The van der Waals surface area contributed by atoms with Gasteiger partial charge in [0.05, 0.1) is 23.1 Å². The predicted molar refractivity (Wildman–Crippen MR) is 95.0 cm³/mol. The molecule has 3 rings (SSSR count). The fraction of sp³-hybridized carbons (Fsp3) is 0.263. The number of benzene rings is 2. The summed E-state index contributed by atoms with van der Waals surface area (Å²) < 4.78 is 39.0. The van der Waals surface area contributed by atoms with Gasteiger partial charge >= 0.3 is 6.18 Å². The fourth-order valence-corrected chi connectivity index (χ4v) is 3.00. The third kappa shape index (κ3) is 4.60. The van der Waals surface area contributed by atoms with Gasteiger partial charge in [-0.3, -0.25) is 9.59 Å². The summed E-state index contributed by atoms with van der Waals surface area (Å²) in [6.45, 7) is 0.222. The molecule has 0 aliphatic heterocycles. The number of para-hydroxylation sites is 1. The SMILES string of the molecule is O=C(NCc1ccccc1Cl)C1CC1C(=O)Nc1ccccc1C(F)(F)F. The van der Waals surface area contributed by atoms with E-state index in [4.69, 9.17) is 11.6 Å². The Morgan fingerprint density at radius 2 is 1.63 bits per heavy atom. The second-order valence-electron chi connectivity index (χ2n) is 6.29. The van der Waals surface area contributed by atoms with Crippen LogP contribution in [0.5, 0.6) is 0 Å². The first kappa shape index (κ1) is 19.2. The molecule has 0 radical (unpaired) electrons. The molecule has 27 heavy (non-hydrogen) atoms. The van der Waals surface area contributed by atoms with E-state index in [0.717, 1.165) is 11.6 Å². The number of hydrogen-bond acceptors (Lipinski definition) is 2. The van der Waals surface area contributed by atoms with E-state index in [9.17, 15) is 22.8 Å². The zero-order valence-corrected chi connectivity index (χ0v) is 14.8. The van der Waals surface area contributed by atoms with Crippen LogP contribution >= 0.6 is 11.6 Å². The first-order chi connectivity index (χ1) is 12.8. The minimum absolute atomic E-state index is 0.222. The van der Waals surface area contributed by atoms with Crippen LogP contribution in [-0.2, 0) is 22.3 Å². The Balaban J connectivity index is 1.57. The van der Waals surface area contributed by atoms with E-state index in [1.165, 1.54) is 18.2 Å². The van der Waals surface area contributed by atoms with Crippen LogP contribution in [0, 0.1) is 11.8 Å². The molecule has 0 heterocycles. The van der Waals surface area contributed by atoms with Crippen molar-refractivity contribution < 1.29 is 22.8 Å². The molecule has 2 atom stereocenters. The average molecular weight is 397 g/mol. The number of hydrogen-bond donors (Lipinski definition) is 2. The molecular weight excluding hydrogens is 381 g/mol. The molecule has 0 spiro atoms. The third-order valence-electron chi connectivity index (χ3n) is 4.37. The van der Waals surface area contributed by atoms with Crippen molar-refractivity contribution >= 4 is 29.1 Å². The third-order valence-corrected chi connectivity index (χ3v) is 4.73. The topological polar surface area (TPSA) is 58.2 Å². The highest BCUT2D eigenvalue weighted by Gasteiger charge is 2.48. The predicted octanol–water partition coefficient (Wildman–Crippen LogP) is 4.25. The van der Waals surface area contributed by atoms with Crippen LogP contribution < -0.4 is 10.6 Å². The molecule has 2 aromatic rings.